The molecule has 3 nitrogen and oxygen atoms in total. The van der Waals surface area contributed by atoms with E-state index in [1.165, 1.54) is 7.11 Å². The van der Waals surface area contributed by atoms with Crippen molar-refractivity contribution in [3.8, 4) is 5.75 Å². The third kappa shape index (κ3) is 1.66. The zero-order valence-corrected chi connectivity index (χ0v) is 8.74. The fourth-order valence-electron chi connectivity index (χ4n) is 1.83. The van der Waals surface area contributed by atoms with Gasteiger partial charge in [-0.1, -0.05) is 12.1 Å². The first kappa shape index (κ1) is 10.7. The van der Waals surface area contributed by atoms with Gasteiger partial charge in [0.2, 0.25) is 6.17 Å². The molecule has 0 saturated heterocycles. The van der Waals surface area contributed by atoms with Crippen molar-refractivity contribution in [3.63, 3.8) is 0 Å². The lowest BCUT2D eigenvalue weighted by Crippen LogP contribution is -2.15. The Hall–Kier alpha value is -1.84. The highest BCUT2D eigenvalue weighted by molar-refractivity contribution is 5.92. The first-order valence-electron chi connectivity index (χ1n) is 4.87. The number of hydrogen-bond donors (Lipinski definition) is 1. The van der Waals surface area contributed by atoms with Crippen molar-refractivity contribution in [3.05, 3.63) is 35.4 Å². The number of methoxy groups -OCH3 is 1. The molecule has 1 aliphatic rings. The third-order valence-corrected chi connectivity index (χ3v) is 2.66. The molecule has 0 saturated carbocycles. The van der Waals surface area contributed by atoms with Gasteiger partial charge in [-0.15, -0.1) is 0 Å². The maximum Gasteiger partial charge on any atom is 0.343 e. The van der Waals surface area contributed by atoms with Crippen molar-refractivity contribution in [1.29, 1.82) is 0 Å². The molecule has 0 fully saturated rings. The van der Waals surface area contributed by atoms with Gasteiger partial charge >= 0.3 is 5.97 Å². The Balaban J connectivity index is 2.39. The van der Waals surface area contributed by atoms with E-state index in [-0.39, 0.29) is 5.57 Å². The average molecular weight is 222 g/mol. The van der Waals surface area contributed by atoms with Crippen molar-refractivity contribution in [1.82, 2.24) is 0 Å². The van der Waals surface area contributed by atoms with E-state index >= 15 is 0 Å². The summed E-state index contributed by atoms with van der Waals surface area (Å²) in [5, 5.41) is 8.65. The van der Waals surface area contributed by atoms with Crippen LogP contribution in [-0.4, -0.2) is 24.4 Å². The van der Waals surface area contributed by atoms with E-state index in [1.54, 1.807) is 18.2 Å². The average Bonchev–Trinajstić information content (AvgIpc) is 2.70. The summed E-state index contributed by atoms with van der Waals surface area (Å²) in [5.41, 5.74) is 1.79. The van der Waals surface area contributed by atoms with Gasteiger partial charge < -0.3 is 9.84 Å². The molecule has 16 heavy (non-hydrogen) atoms. The predicted octanol–water partition coefficient (Wildman–Crippen LogP) is 2.06. The van der Waals surface area contributed by atoms with E-state index < -0.39 is 12.1 Å². The lowest BCUT2D eigenvalue weighted by atomic mass is 10.0. The second-order valence-corrected chi connectivity index (χ2v) is 3.59. The van der Waals surface area contributed by atoms with E-state index in [2.05, 4.69) is 0 Å². The summed E-state index contributed by atoms with van der Waals surface area (Å²) < 4.78 is 18.5. The molecule has 0 heterocycles. The van der Waals surface area contributed by atoms with E-state index in [0.717, 1.165) is 5.56 Å². The monoisotopic (exact) mass is 222 g/mol. The predicted molar refractivity (Wildman–Crippen MR) is 57.2 cm³/mol. The van der Waals surface area contributed by atoms with Crippen LogP contribution in [0.5, 0.6) is 5.75 Å². The van der Waals surface area contributed by atoms with Gasteiger partial charge in [0.15, 0.2) is 0 Å². The van der Waals surface area contributed by atoms with Crippen LogP contribution < -0.4 is 4.74 Å². The molecule has 4 heteroatoms. The second kappa shape index (κ2) is 3.96. The SMILES string of the molecule is COc1ccc2c(c1)C(C(F)C(=O)O)=CC2. The van der Waals surface area contributed by atoms with E-state index in [0.29, 0.717) is 17.7 Å². The fraction of sp³-hybridized carbons (Fsp3) is 0.250. The number of ether oxygens (including phenoxy) is 1. The molecule has 1 aliphatic carbocycles. The Kier molecular flexibility index (Phi) is 2.64. The van der Waals surface area contributed by atoms with Crippen LogP contribution in [0, 0.1) is 0 Å². The molecule has 0 aromatic heterocycles. The summed E-state index contributed by atoms with van der Waals surface area (Å²) >= 11 is 0. The summed E-state index contributed by atoms with van der Waals surface area (Å²) in [4.78, 5) is 10.6. The van der Waals surface area contributed by atoms with Crippen LogP contribution in [0.1, 0.15) is 11.1 Å². The highest BCUT2D eigenvalue weighted by atomic mass is 19.1. The van der Waals surface area contributed by atoms with Gasteiger partial charge in [-0.25, -0.2) is 9.18 Å². The van der Waals surface area contributed by atoms with E-state index in [9.17, 15) is 9.18 Å². The Morgan fingerprint density at radius 2 is 2.31 bits per heavy atom. The van der Waals surface area contributed by atoms with Crippen molar-refractivity contribution in [2.45, 2.75) is 12.6 Å². The first-order chi connectivity index (χ1) is 7.63. The molecule has 1 unspecified atom stereocenters. The molecule has 1 aromatic carbocycles. The number of halogens is 1. The fourth-order valence-corrected chi connectivity index (χ4v) is 1.83. The number of allylic oxidation sites excluding steroid dienone is 1. The smallest absolute Gasteiger partial charge is 0.343 e. The Labute approximate surface area is 92.2 Å². The number of carboxylic acids is 1. The number of fused-ring (bicyclic) bond motifs is 1. The molecule has 0 radical (unpaired) electrons. The topological polar surface area (TPSA) is 46.5 Å². The van der Waals surface area contributed by atoms with Gasteiger partial charge in [0.25, 0.3) is 0 Å². The lowest BCUT2D eigenvalue weighted by molar-refractivity contribution is -0.140. The lowest BCUT2D eigenvalue weighted by Gasteiger charge is -2.09. The second-order valence-electron chi connectivity index (χ2n) is 3.59. The highest BCUT2D eigenvalue weighted by Crippen LogP contribution is 2.33. The van der Waals surface area contributed by atoms with Crippen LogP contribution >= 0.6 is 0 Å². The minimum atomic E-state index is -1.96. The third-order valence-electron chi connectivity index (χ3n) is 2.66. The van der Waals surface area contributed by atoms with Gasteiger partial charge in [-0.05, 0) is 29.7 Å². The van der Waals surface area contributed by atoms with E-state index in [1.807, 2.05) is 6.07 Å². The zero-order chi connectivity index (χ0) is 11.7. The maximum absolute atomic E-state index is 13.4. The van der Waals surface area contributed by atoms with Crippen LogP contribution in [-0.2, 0) is 11.2 Å². The molecule has 84 valence electrons. The van der Waals surface area contributed by atoms with Crippen molar-refractivity contribution >= 4 is 11.5 Å². The number of aliphatic carboxylic acids is 1. The summed E-state index contributed by atoms with van der Waals surface area (Å²) in [5.74, 6) is -0.856. The van der Waals surface area contributed by atoms with Crippen molar-refractivity contribution in [2.24, 2.45) is 0 Å². The minimum absolute atomic E-state index is 0.224. The van der Waals surface area contributed by atoms with Gasteiger partial charge in [0.05, 0.1) is 7.11 Å². The van der Waals surface area contributed by atoms with Gasteiger partial charge in [-0.3, -0.25) is 0 Å². The molecule has 0 amide bonds. The van der Waals surface area contributed by atoms with Crippen LogP contribution in [0.25, 0.3) is 5.57 Å². The Morgan fingerprint density at radius 3 is 2.94 bits per heavy atom. The molecular weight excluding hydrogens is 211 g/mol. The molecule has 1 aromatic rings. The quantitative estimate of drug-likeness (QED) is 0.851. The molecule has 0 aliphatic heterocycles. The first-order valence-corrected chi connectivity index (χ1v) is 4.87. The summed E-state index contributed by atoms with van der Waals surface area (Å²) in [6, 6.07) is 5.28. The highest BCUT2D eigenvalue weighted by Gasteiger charge is 2.27. The van der Waals surface area contributed by atoms with Crippen LogP contribution in [0.3, 0.4) is 0 Å². The zero-order valence-electron chi connectivity index (χ0n) is 8.74. The van der Waals surface area contributed by atoms with Gasteiger partial charge in [0, 0.05) is 5.57 Å². The van der Waals surface area contributed by atoms with Crippen LogP contribution in [0.2, 0.25) is 0 Å². The normalized spacial score (nSPS) is 15.2. The summed E-state index contributed by atoms with van der Waals surface area (Å²) in [6.45, 7) is 0. The Morgan fingerprint density at radius 1 is 1.56 bits per heavy atom. The molecule has 0 bridgehead atoms. The minimum Gasteiger partial charge on any atom is -0.497 e. The largest absolute Gasteiger partial charge is 0.497 e. The number of rotatable bonds is 3. The summed E-state index contributed by atoms with van der Waals surface area (Å²) in [6.07, 6.45) is 0.221. The van der Waals surface area contributed by atoms with E-state index in [4.69, 9.17) is 9.84 Å². The standard InChI is InChI=1S/C12H11FO3/c1-16-8-4-2-7-3-5-9(10(7)6-8)11(13)12(14)15/h2,4-6,11H,3H2,1H3,(H,14,15). The molecular formula is C12H11FO3. The molecule has 2 rings (SSSR count). The summed E-state index contributed by atoms with van der Waals surface area (Å²) in [7, 11) is 1.52. The van der Waals surface area contributed by atoms with Crippen LogP contribution in [0.4, 0.5) is 4.39 Å². The van der Waals surface area contributed by atoms with Crippen molar-refractivity contribution < 1.29 is 19.0 Å². The molecule has 1 N–H and O–H groups in total. The maximum atomic E-state index is 13.4. The van der Waals surface area contributed by atoms with Gasteiger partial charge in [-0.2, -0.15) is 0 Å². The number of hydrogen-bond acceptors (Lipinski definition) is 2. The number of benzene rings is 1. The number of carboxylic acid groups (broad SMARTS) is 1. The van der Waals surface area contributed by atoms with Crippen LogP contribution in [0.15, 0.2) is 24.3 Å². The van der Waals surface area contributed by atoms with Gasteiger partial charge in [0.1, 0.15) is 5.75 Å². The Bertz CT molecular complexity index is 465. The number of carbonyl (C=O) groups is 1. The molecule has 1 atom stereocenters. The molecule has 0 spiro atoms. The van der Waals surface area contributed by atoms with Crippen molar-refractivity contribution in [2.75, 3.05) is 7.11 Å². The number of alkyl halides is 1.